The molecule has 1 heterocycles. The molecule has 0 bridgehead atoms. The van der Waals surface area contributed by atoms with E-state index in [4.69, 9.17) is 16.4 Å². The Morgan fingerprint density at radius 1 is 1.41 bits per heavy atom. The smallest absolute Gasteiger partial charge is 0.269 e. The Hall–Kier alpha value is -1.21. The van der Waals surface area contributed by atoms with Crippen LogP contribution in [0.4, 0.5) is 5.69 Å². The quantitative estimate of drug-likeness (QED) is 0.481. The number of halogens is 1. The van der Waals surface area contributed by atoms with Gasteiger partial charge in [-0.1, -0.05) is 12.1 Å². The molecule has 17 heavy (non-hydrogen) atoms. The molecular weight excluding hydrogens is 246 g/mol. The van der Waals surface area contributed by atoms with Crippen molar-refractivity contribution in [3.05, 3.63) is 39.9 Å². The Labute approximate surface area is 103 Å². The van der Waals surface area contributed by atoms with Crippen LogP contribution in [0.15, 0.2) is 24.3 Å². The monoisotopic (exact) mass is 257 g/mol. The van der Waals surface area contributed by atoms with Crippen LogP contribution < -0.4 is 10.8 Å². The Morgan fingerprint density at radius 3 is 2.65 bits per heavy atom. The van der Waals surface area contributed by atoms with E-state index in [1.807, 2.05) is 0 Å². The standard InChI is InChI=1S/C10H12ClN3O3/c11-6-10-12-9(13-17-10)5-7-1-3-8(4-2-7)14(15)16/h1-4,9-10,12-13H,5-6H2. The number of rotatable bonds is 4. The Kier molecular flexibility index (Phi) is 3.90. The minimum absolute atomic E-state index is 0.0276. The maximum absolute atomic E-state index is 10.5. The number of hydroxylamine groups is 1. The van der Waals surface area contributed by atoms with Gasteiger partial charge in [-0.15, -0.1) is 11.6 Å². The summed E-state index contributed by atoms with van der Waals surface area (Å²) in [6, 6.07) is 6.44. The van der Waals surface area contributed by atoms with Gasteiger partial charge in [0.1, 0.15) is 6.23 Å². The van der Waals surface area contributed by atoms with Gasteiger partial charge in [0.05, 0.1) is 17.0 Å². The summed E-state index contributed by atoms with van der Waals surface area (Å²) in [5, 5.41) is 13.6. The summed E-state index contributed by atoms with van der Waals surface area (Å²) in [5.74, 6) is 0.365. The lowest BCUT2D eigenvalue weighted by Gasteiger charge is -2.09. The van der Waals surface area contributed by atoms with Crippen LogP contribution in [0.1, 0.15) is 5.56 Å². The molecule has 1 aromatic carbocycles. The van der Waals surface area contributed by atoms with Gasteiger partial charge in [-0.3, -0.25) is 20.3 Å². The molecule has 1 saturated heterocycles. The number of benzene rings is 1. The van der Waals surface area contributed by atoms with Crippen LogP contribution in [0.3, 0.4) is 0 Å². The second-order valence-corrected chi connectivity index (χ2v) is 4.03. The highest BCUT2D eigenvalue weighted by Crippen LogP contribution is 2.14. The van der Waals surface area contributed by atoms with E-state index < -0.39 is 4.92 Å². The molecule has 1 aliphatic rings. The second kappa shape index (κ2) is 5.42. The fourth-order valence-electron chi connectivity index (χ4n) is 1.62. The van der Waals surface area contributed by atoms with Crippen molar-refractivity contribution in [2.45, 2.75) is 18.8 Å². The minimum atomic E-state index is -0.414. The first-order valence-corrected chi connectivity index (χ1v) is 5.69. The first-order chi connectivity index (χ1) is 8.19. The molecule has 1 fully saturated rings. The molecule has 6 nitrogen and oxygen atoms in total. The summed E-state index contributed by atoms with van der Waals surface area (Å²) in [7, 11) is 0. The average Bonchev–Trinajstić information content (AvgIpc) is 2.77. The van der Waals surface area contributed by atoms with E-state index in [1.54, 1.807) is 12.1 Å². The van der Waals surface area contributed by atoms with Crippen LogP contribution in [0, 0.1) is 10.1 Å². The molecule has 7 heteroatoms. The van der Waals surface area contributed by atoms with E-state index >= 15 is 0 Å². The molecule has 0 amide bonds. The van der Waals surface area contributed by atoms with Gasteiger partial charge in [0, 0.05) is 18.6 Å². The molecule has 0 saturated carbocycles. The molecule has 0 aromatic heterocycles. The van der Waals surface area contributed by atoms with Crippen LogP contribution in [0.25, 0.3) is 0 Å². The van der Waals surface area contributed by atoms with Crippen molar-refractivity contribution in [1.82, 2.24) is 10.8 Å². The first kappa shape index (κ1) is 12.3. The third-order valence-electron chi connectivity index (χ3n) is 2.47. The summed E-state index contributed by atoms with van der Waals surface area (Å²) >= 11 is 5.63. The Bertz CT molecular complexity index is 398. The molecule has 2 N–H and O–H groups in total. The van der Waals surface area contributed by atoms with E-state index in [1.165, 1.54) is 12.1 Å². The van der Waals surface area contributed by atoms with E-state index in [-0.39, 0.29) is 18.1 Å². The fourth-order valence-corrected chi connectivity index (χ4v) is 1.77. The lowest BCUT2D eigenvalue weighted by Crippen LogP contribution is -2.35. The fraction of sp³-hybridized carbons (Fsp3) is 0.400. The summed E-state index contributed by atoms with van der Waals surface area (Å²) in [6.45, 7) is 0. The van der Waals surface area contributed by atoms with Crippen LogP contribution >= 0.6 is 11.6 Å². The summed E-state index contributed by atoms with van der Waals surface area (Å²) in [4.78, 5) is 15.2. The molecule has 2 unspecified atom stereocenters. The lowest BCUT2D eigenvalue weighted by molar-refractivity contribution is -0.384. The molecule has 0 spiro atoms. The number of nitro benzene ring substituents is 1. The highest BCUT2D eigenvalue weighted by molar-refractivity contribution is 6.18. The van der Waals surface area contributed by atoms with Crippen LogP contribution in [0.2, 0.25) is 0 Å². The van der Waals surface area contributed by atoms with Crippen molar-refractivity contribution in [3.8, 4) is 0 Å². The Morgan fingerprint density at radius 2 is 2.12 bits per heavy atom. The zero-order valence-electron chi connectivity index (χ0n) is 8.93. The largest absolute Gasteiger partial charge is 0.280 e. The first-order valence-electron chi connectivity index (χ1n) is 5.15. The predicted molar refractivity (Wildman–Crippen MR) is 62.5 cm³/mol. The third-order valence-corrected chi connectivity index (χ3v) is 2.75. The van der Waals surface area contributed by atoms with Crippen molar-refractivity contribution >= 4 is 17.3 Å². The average molecular weight is 258 g/mol. The molecule has 1 aliphatic heterocycles. The molecule has 0 radical (unpaired) electrons. The van der Waals surface area contributed by atoms with E-state index in [2.05, 4.69) is 10.8 Å². The zero-order valence-corrected chi connectivity index (χ0v) is 9.68. The van der Waals surface area contributed by atoms with Gasteiger partial charge >= 0.3 is 0 Å². The summed E-state index contributed by atoms with van der Waals surface area (Å²) in [6.07, 6.45) is 0.450. The van der Waals surface area contributed by atoms with Gasteiger partial charge < -0.3 is 0 Å². The van der Waals surface area contributed by atoms with Gasteiger partial charge in [0.2, 0.25) is 0 Å². The number of non-ortho nitro benzene ring substituents is 1. The van der Waals surface area contributed by atoms with Crippen LogP contribution in [0.5, 0.6) is 0 Å². The van der Waals surface area contributed by atoms with E-state index in [0.29, 0.717) is 12.3 Å². The van der Waals surface area contributed by atoms with E-state index in [9.17, 15) is 10.1 Å². The van der Waals surface area contributed by atoms with Gasteiger partial charge in [-0.25, -0.2) is 0 Å². The maximum Gasteiger partial charge on any atom is 0.269 e. The molecule has 2 rings (SSSR count). The van der Waals surface area contributed by atoms with Crippen LogP contribution in [-0.2, 0) is 11.3 Å². The third kappa shape index (κ3) is 3.13. The van der Waals surface area contributed by atoms with E-state index in [0.717, 1.165) is 5.56 Å². The molecule has 92 valence electrons. The SMILES string of the molecule is O=[N+]([O-])c1ccc(CC2NOC(CCl)N2)cc1. The van der Waals surface area contributed by atoms with Crippen molar-refractivity contribution < 1.29 is 9.76 Å². The summed E-state index contributed by atoms with van der Waals surface area (Å²) in [5.41, 5.74) is 3.89. The topological polar surface area (TPSA) is 76.4 Å². The second-order valence-electron chi connectivity index (χ2n) is 3.73. The van der Waals surface area contributed by atoms with Gasteiger partial charge in [-0.05, 0) is 5.56 Å². The van der Waals surface area contributed by atoms with Crippen molar-refractivity contribution in [2.75, 3.05) is 5.88 Å². The number of nitro groups is 1. The van der Waals surface area contributed by atoms with Gasteiger partial charge in [-0.2, -0.15) is 5.48 Å². The van der Waals surface area contributed by atoms with Crippen LogP contribution in [-0.4, -0.2) is 23.2 Å². The number of hydrogen-bond donors (Lipinski definition) is 2. The molecular formula is C10H12ClN3O3. The molecule has 0 aliphatic carbocycles. The molecule has 2 atom stereocenters. The number of hydrogen-bond acceptors (Lipinski definition) is 5. The molecule has 1 aromatic rings. The lowest BCUT2D eigenvalue weighted by atomic mass is 10.1. The highest BCUT2D eigenvalue weighted by atomic mass is 35.5. The van der Waals surface area contributed by atoms with Crippen molar-refractivity contribution in [2.24, 2.45) is 0 Å². The van der Waals surface area contributed by atoms with Gasteiger partial charge in [0.15, 0.2) is 0 Å². The minimum Gasteiger partial charge on any atom is -0.280 e. The number of alkyl halides is 1. The summed E-state index contributed by atoms with van der Waals surface area (Å²) < 4.78 is 0. The zero-order chi connectivity index (χ0) is 12.3. The van der Waals surface area contributed by atoms with Crippen molar-refractivity contribution in [1.29, 1.82) is 0 Å². The maximum atomic E-state index is 10.5. The normalized spacial score (nSPS) is 23.8. The number of nitrogens with zero attached hydrogens (tertiary/aromatic N) is 1. The van der Waals surface area contributed by atoms with Crippen molar-refractivity contribution in [3.63, 3.8) is 0 Å². The van der Waals surface area contributed by atoms with Gasteiger partial charge in [0.25, 0.3) is 5.69 Å². The predicted octanol–water partition coefficient (Wildman–Crippen LogP) is 1.15. The number of nitrogens with one attached hydrogen (secondary N) is 2. The Balaban J connectivity index is 1.93. The highest BCUT2D eigenvalue weighted by Gasteiger charge is 2.23.